The Morgan fingerprint density at radius 3 is 2.88 bits per heavy atom. The van der Waals surface area contributed by atoms with Crippen LogP contribution in [-0.4, -0.2) is 45.4 Å². The van der Waals surface area contributed by atoms with E-state index >= 15 is 0 Å². The van der Waals surface area contributed by atoms with Crippen molar-refractivity contribution in [3.8, 4) is 0 Å². The number of piperidine rings is 1. The van der Waals surface area contributed by atoms with Gasteiger partial charge in [-0.25, -0.2) is 9.97 Å². The van der Waals surface area contributed by atoms with E-state index in [4.69, 9.17) is 0 Å². The summed E-state index contributed by atoms with van der Waals surface area (Å²) in [7, 11) is 2.00. The Morgan fingerprint density at radius 1 is 1.28 bits per heavy atom. The lowest BCUT2D eigenvalue weighted by atomic mass is 10.0. The largest absolute Gasteiger partial charge is 0.355 e. The van der Waals surface area contributed by atoms with Crippen LogP contribution in [0, 0.1) is 6.92 Å². The van der Waals surface area contributed by atoms with Crippen LogP contribution in [0.1, 0.15) is 24.1 Å². The summed E-state index contributed by atoms with van der Waals surface area (Å²) in [5.74, 6) is 1.11. The molecule has 0 aromatic carbocycles. The first-order valence-electron chi connectivity index (χ1n) is 8.86. The zero-order valence-corrected chi connectivity index (χ0v) is 15.6. The minimum absolute atomic E-state index is 0.590. The summed E-state index contributed by atoms with van der Waals surface area (Å²) in [4.78, 5) is 11.4. The molecule has 1 N–H and O–H groups in total. The molecule has 0 bridgehead atoms. The number of nitrogens with one attached hydrogen (secondary N) is 1. The first-order chi connectivity index (χ1) is 12.2. The van der Waals surface area contributed by atoms with Crippen LogP contribution in [0.5, 0.6) is 0 Å². The van der Waals surface area contributed by atoms with Crippen LogP contribution in [0.2, 0.25) is 0 Å². The average molecular weight is 356 g/mol. The summed E-state index contributed by atoms with van der Waals surface area (Å²) in [6, 6.07) is 2.68. The number of hydrogen-bond acceptors (Lipinski definition) is 6. The minimum Gasteiger partial charge on any atom is -0.355 e. The van der Waals surface area contributed by atoms with E-state index in [1.165, 1.54) is 16.0 Å². The molecule has 3 aromatic rings. The molecule has 0 radical (unpaired) electrons. The Labute approximate surface area is 151 Å². The summed E-state index contributed by atoms with van der Waals surface area (Å²) in [6.45, 7) is 5.22. The molecule has 1 fully saturated rings. The number of hydrogen-bond donors (Lipinski definition) is 1. The lowest BCUT2D eigenvalue weighted by Gasteiger charge is -2.33. The van der Waals surface area contributed by atoms with E-state index in [2.05, 4.69) is 43.7 Å². The van der Waals surface area contributed by atoms with Gasteiger partial charge >= 0.3 is 0 Å². The van der Waals surface area contributed by atoms with Gasteiger partial charge in [0.15, 0.2) is 0 Å². The molecule has 0 unspecified atom stereocenters. The predicted octanol–water partition coefficient (Wildman–Crippen LogP) is 2.53. The molecule has 0 saturated carbocycles. The number of rotatable bonds is 5. The summed E-state index contributed by atoms with van der Waals surface area (Å²) in [5.41, 5.74) is 3.63. The van der Waals surface area contributed by atoms with Gasteiger partial charge in [-0.05, 0) is 36.8 Å². The fourth-order valence-electron chi connectivity index (χ4n) is 3.53. The summed E-state index contributed by atoms with van der Waals surface area (Å²) in [5, 5.41) is 10.1. The number of aromatic nitrogens is 4. The first-order valence-corrected chi connectivity index (χ1v) is 9.74. The van der Waals surface area contributed by atoms with E-state index < -0.39 is 0 Å². The van der Waals surface area contributed by atoms with Crippen molar-refractivity contribution in [3.05, 3.63) is 35.2 Å². The molecule has 0 atom stereocenters. The van der Waals surface area contributed by atoms with Crippen molar-refractivity contribution < 1.29 is 0 Å². The van der Waals surface area contributed by atoms with Gasteiger partial charge in [0.2, 0.25) is 0 Å². The van der Waals surface area contributed by atoms with Crippen molar-refractivity contribution in [2.75, 3.05) is 24.5 Å². The molecule has 0 amide bonds. The highest BCUT2D eigenvalue weighted by molar-refractivity contribution is 7.18. The highest BCUT2D eigenvalue weighted by Gasteiger charge is 2.22. The third-order valence-corrected chi connectivity index (χ3v) is 6.13. The highest BCUT2D eigenvalue weighted by atomic mass is 32.1. The SMILES string of the molecule is Cc1csc2c(N3CCC(NCCc4ccnn4C)CC3)ncnc12. The topological polar surface area (TPSA) is 58.9 Å². The van der Waals surface area contributed by atoms with E-state index in [9.17, 15) is 0 Å². The van der Waals surface area contributed by atoms with Gasteiger partial charge < -0.3 is 10.2 Å². The number of nitrogens with zero attached hydrogens (tertiary/aromatic N) is 5. The smallest absolute Gasteiger partial charge is 0.150 e. The van der Waals surface area contributed by atoms with Gasteiger partial charge in [0.1, 0.15) is 12.1 Å². The standard InChI is InChI=1S/C18H24N6S/c1-13-11-25-17-16(13)20-12-21-18(17)24-9-5-14(6-10-24)19-7-3-15-4-8-22-23(15)2/h4,8,11-12,14,19H,3,5-7,9-10H2,1-2H3. The maximum Gasteiger partial charge on any atom is 0.150 e. The molecular formula is C18H24N6S. The summed E-state index contributed by atoms with van der Waals surface area (Å²) in [6.07, 6.45) is 6.90. The van der Waals surface area contributed by atoms with Gasteiger partial charge in [0, 0.05) is 51.0 Å². The molecule has 4 rings (SSSR count). The lowest BCUT2D eigenvalue weighted by molar-refractivity contribution is 0.415. The van der Waals surface area contributed by atoms with Crippen LogP contribution >= 0.6 is 11.3 Å². The Bertz CT molecular complexity index is 846. The molecule has 25 heavy (non-hydrogen) atoms. The molecule has 3 aromatic heterocycles. The fraction of sp³-hybridized carbons (Fsp3) is 0.500. The van der Waals surface area contributed by atoms with Gasteiger partial charge in [0.25, 0.3) is 0 Å². The van der Waals surface area contributed by atoms with E-state index in [0.717, 1.165) is 50.2 Å². The quantitative estimate of drug-likeness (QED) is 0.761. The van der Waals surface area contributed by atoms with Gasteiger partial charge in [-0.1, -0.05) is 0 Å². The molecule has 0 aliphatic carbocycles. The molecule has 1 saturated heterocycles. The van der Waals surface area contributed by atoms with E-state index in [0.29, 0.717) is 6.04 Å². The monoisotopic (exact) mass is 356 g/mol. The molecule has 6 nitrogen and oxygen atoms in total. The van der Waals surface area contributed by atoms with Crippen LogP contribution in [-0.2, 0) is 13.5 Å². The van der Waals surface area contributed by atoms with Crippen LogP contribution in [0.3, 0.4) is 0 Å². The third kappa shape index (κ3) is 3.39. The lowest BCUT2D eigenvalue weighted by Crippen LogP contribution is -2.43. The maximum absolute atomic E-state index is 4.57. The maximum atomic E-state index is 4.57. The van der Waals surface area contributed by atoms with E-state index in [1.807, 2.05) is 17.9 Å². The van der Waals surface area contributed by atoms with E-state index in [1.54, 1.807) is 17.7 Å². The number of thiophene rings is 1. The molecule has 7 heteroatoms. The Kier molecular flexibility index (Phi) is 4.67. The number of anilines is 1. The second kappa shape index (κ2) is 7.09. The molecular weight excluding hydrogens is 332 g/mol. The van der Waals surface area contributed by atoms with Crippen LogP contribution in [0.15, 0.2) is 24.0 Å². The Hall–Kier alpha value is -1.99. The zero-order chi connectivity index (χ0) is 17.2. The molecule has 0 spiro atoms. The van der Waals surface area contributed by atoms with Gasteiger partial charge in [-0.3, -0.25) is 4.68 Å². The Balaban J connectivity index is 1.33. The van der Waals surface area contributed by atoms with Crippen molar-refractivity contribution in [1.29, 1.82) is 0 Å². The predicted molar refractivity (Wildman–Crippen MR) is 102 cm³/mol. The van der Waals surface area contributed by atoms with Crippen molar-refractivity contribution in [2.45, 2.75) is 32.2 Å². The molecule has 132 valence electrons. The van der Waals surface area contributed by atoms with Crippen LogP contribution < -0.4 is 10.2 Å². The van der Waals surface area contributed by atoms with Crippen molar-refractivity contribution >= 4 is 27.4 Å². The summed E-state index contributed by atoms with van der Waals surface area (Å²) < 4.78 is 3.18. The second-order valence-electron chi connectivity index (χ2n) is 6.71. The third-order valence-electron chi connectivity index (χ3n) is 5.04. The molecule has 1 aliphatic heterocycles. The van der Waals surface area contributed by atoms with Crippen molar-refractivity contribution in [1.82, 2.24) is 25.1 Å². The highest BCUT2D eigenvalue weighted by Crippen LogP contribution is 2.32. The minimum atomic E-state index is 0.590. The first kappa shape index (κ1) is 16.5. The zero-order valence-electron chi connectivity index (χ0n) is 14.8. The summed E-state index contributed by atoms with van der Waals surface area (Å²) >= 11 is 1.76. The fourth-order valence-corrected chi connectivity index (χ4v) is 4.55. The van der Waals surface area contributed by atoms with Crippen LogP contribution in [0.4, 0.5) is 5.82 Å². The van der Waals surface area contributed by atoms with Crippen molar-refractivity contribution in [3.63, 3.8) is 0 Å². The van der Waals surface area contributed by atoms with Crippen LogP contribution in [0.25, 0.3) is 10.2 Å². The number of aryl methyl sites for hydroxylation is 2. The Morgan fingerprint density at radius 2 is 2.12 bits per heavy atom. The number of fused-ring (bicyclic) bond motifs is 1. The molecule has 1 aliphatic rings. The average Bonchev–Trinajstić information content (AvgIpc) is 3.22. The molecule has 4 heterocycles. The van der Waals surface area contributed by atoms with Gasteiger partial charge in [-0.2, -0.15) is 5.10 Å². The van der Waals surface area contributed by atoms with E-state index in [-0.39, 0.29) is 0 Å². The normalized spacial score (nSPS) is 16.0. The van der Waals surface area contributed by atoms with Gasteiger partial charge in [0.05, 0.1) is 10.2 Å². The van der Waals surface area contributed by atoms with Gasteiger partial charge in [-0.15, -0.1) is 11.3 Å². The second-order valence-corrected chi connectivity index (χ2v) is 7.58. The van der Waals surface area contributed by atoms with Crippen molar-refractivity contribution in [2.24, 2.45) is 7.05 Å².